The van der Waals surface area contributed by atoms with E-state index in [9.17, 15) is 0 Å². The van der Waals surface area contributed by atoms with Gasteiger partial charge in [0.15, 0.2) is 0 Å². The van der Waals surface area contributed by atoms with Crippen LogP contribution in [0.25, 0.3) is 0 Å². The van der Waals surface area contributed by atoms with Gasteiger partial charge in [-0.15, -0.1) is 0 Å². The smallest absolute Gasteiger partial charge is 0.000905 e. The fourth-order valence-corrected chi connectivity index (χ4v) is 2.12. The highest BCUT2D eigenvalue weighted by molar-refractivity contribution is 4.72. The minimum atomic E-state index is 0.947. The molecule has 11 heavy (non-hydrogen) atoms. The van der Waals surface area contributed by atoms with Crippen LogP contribution in [0.15, 0.2) is 0 Å². The second-order valence-corrected chi connectivity index (χ2v) is 4.05. The van der Waals surface area contributed by atoms with Gasteiger partial charge in [-0.2, -0.15) is 0 Å². The maximum absolute atomic E-state index is 2.48. The Balaban J connectivity index is 2.45. The molecule has 1 heteroatoms. The maximum atomic E-state index is 2.48. The number of hydrogen-bond acceptors (Lipinski definition) is 1. The summed E-state index contributed by atoms with van der Waals surface area (Å²) in [4.78, 5) is 2.48. The number of hydrogen-bond donors (Lipinski definition) is 0. The van der Waals surface area contributed by atoms with E-state index in [0.29, 0.717) is 0 Å². The van der Waals surface area contributed by atoms with Gasteiger partial charge in [-0.1, -0.05) is 20.3 Å². The van der Waals surface area contributed by atoms with E-state index in [1.165, 1.54) is 32.4 Å². The molecule has 0 aromatic carbocycles. The molecule has 0 saturated carbocycles. The topological polar surface area (TPSA) is 3.24 Å². The van der Waals surface area contributed by atoms with Crippen molar-refractivity contribution in [3.63, 3.8) is 0 Å². The number of nitrogens with zero attached hydrogens (tertiary/aromatic N) is 1. The predicted molar refractivity (Wildman–Crippen MR) is 49.7 cm³/mol. The Morgan fingerprint density at radius 2 is 2.18 bits per heavy atom. The molecular weight excluding hydrogens is 134 g/mol. The molecular formula is C10H21N. The highest BCUT2D eigenvalue weighted by Gasteiger charge is 2.20. The lowest BCUT2D eigenvalue weighted by atomic mass is 9.89. The van der Waals surface area contributed by atoms with Crippen molar-refractivity contribution in [2.75, 3.05) is 20.1 Å². The summed E-state index contributed by atoms with van der Waals surface area (Å²) in [7, 11) is 2.25. The van der Waals surface area contributed by atoms with E-state index in [-0.39, 0.29) is 0 Å². The Labute approximate surface area is 70.8 Å². The molecule has 1 rings (SSSR count). The van der Waals surface area contributed by atoms with Crippen LogP contribution in [0.2, 0.25) is 0 Å². The third-order valence-electron chi connectivity index (χ3n) is 3.07. The molecule has 1 aliphatic rings. The molecule has 1 fully saturated rings. The normalized spacial score (nSPS) is 35.2. The van der Waals surface area contributed by atoms with Crippen LogP contribution in [0.4, 0.5) is 0 Å². The molecule has 0 aromatic rings. The fraction of sp³-hybridized carbons (Fsp3) is 1.00. The second kappa shape index (κ2) is 4.10. The molecule has 0 aliphatic carbocycles. The molecule has 2 unspecified atom stereocenters. The minimum Gasteiger partial charge on any atom is -0.306 e. The third-order valence-corrected chi connectivity index (χ3v) is 3.07. The van der Waals surface area contributed by atoms with Gasteiger partial charge >= 0.3 is 0 Å². The van der Waals surface area contributed by atoms with E-state index < -0.39 is 0 Å². The van der Waals surface area contributed by atoms with Crippen molar-refractivity contribution in [1.82, 2.24) is 4.90 Å². The van der Waals surface area contributed by atoms with Crippen LogP contribution >= 0.6 is 0 Å². The van der Waals surface area contributed by atoms with Crippen LogP contribution < -0.4 is 0 Å². The summed E-state index contributed by atoms with van der Waals surface area (Å²) in [5.74, 6) is 1.90. The Morgan fingerprint density at radius 3 is 2.82 bits per heavy atom. The first kappa shape index (κ1) is 9.05. The molecule has 1 heterocycles. The summed E-state index contributed by atoms with van der Waals surface area (Å²) in [5, 5.41) is 0. The highest BCUT2D eigenvalue weighted by Crippen LogP contribution is 2.24. The van der Waals surface area contributed by atoms with E-state index in [0.717, 1.165) is 11.8 Å². The summed E-state index contributed by atoms with van der Waals surface area (Å²) >= 11 is 0. The van der Waals surface area contributed by atoms with Crippen LogP contribution in [0.1, 0.15) is 33.1 Å². The molecule has 2 atom stereocenters. The van der Waals surface area contributed by atoms with Gasteiger partial charge in [0.2, 0.25) is 0 Å². The van der Waals surface area contributed by atoms with Crippen molar-refractivity contribution in [3.8, 4) is 0 Å². The van der Waals surface area contributed by atoms with Crippen molar-refractivity contribution in [2.24, 2.45) is 11.8 Å². The van der Waals surface area contributed by atoms with E-state index in [1.807, 2.05) is 0 Å². The number of likely N-dealkylation sites (tertiary alicyclic amines) is 1. The van der Waals surface area contributed by atoms with Crippen molar-refractivity contribution < 1.29 is 0 Å². The van der Waals surface area contributed by atoms with E-state index >= 15 is 0 Å². The highest BCUT2D eigenvalue weighted by atomic mass is 15.1. The predicted octanol–water partition coefficient (Wildman–Crippen LogP) is 2.37. The Kier molecular flexibility index (Phi) is 3.38. The Bertz CT molecular complexity index is 111. The molecule has 66 valence electrons. The van der Waals surface area contributed by atoms with Crippen molar-refractivity contribution >= 4 is 0 Å². The van der Waals surface area contributed by atoms with Gasteiger partial charge in [0.1, 0.15) is 0 Å². The zero-order valence-corrected chi connectivity index (χ0v) is 8.14. The maximum Gasteiger partial charge on any atom is 0.000905 e. The van der Waals surface area contributed by atoms with Crippen LogP contribution in [-0.2, 0) is 0 Å². The van der Waals surface area contributed by atoms with Gasteiger partial charge in [-0.25, -0.2) is 0 Å². The lowest BCUT2D eigenvalue weighted by Crippen LogP contribution is -2.25. The minimum absolute atomic E-state index is 0.947. The summed E-state index contributed by atoms with van der Waals surface area (Å²) in [6.07, 6.45) is 4.18. The third kappa shape index (κ3) is 2.48. The molecule has 0 N–H and O–H groups in total. The van der Waals surface area contributed by atoms with Gasteiger partial charge in [-0.3, -0.25) is 0 Å². The molecule has 0 aromatic heterocycles. The van der Waals surface area contributed by atoms with Crippen molar-refractivity contribution in [2.45, 2.75) is 33.1 Å². The van der Waals surface area contributed by atoms with Gasteiger partial charge in [0.05, 0.1) is 0 Å². The SMILES string of the molecule is CCC1CN(C)CCCC1C. The first-order chi connectivity index (χ1) is 5.24. The zero-order chi connectivity index (χ0) is 8.27. The van der Waals surface area contributed by atoms with Gasteiger partial charge in [0.25, 0.3) is 0 Å². The Morgan fingerprint density at radius 1 is 1.45 bits per heavy atom. The van der Waals surface area contributed by atoms with Crippen LogP contribution in [-0.4, -0.2) is 25.0 Å². The molecule has 0 spiro atoms. The van der Waals surface area contributed by atoms with Crippen LogP contribution in [0.3, 0.4) is 0 Å². The average molecular weight is 155 g/mol. The molecule has 1 aliphatic heterocycles. The summed E-state index contributed by atoms with van der Waals surface area (Å²) in [6.45, 7) is 7.35. The quantitative estimate of drug-likeness (QED) is 0.562. The first-order valence-corrected chi connectivity index (χ1v) is 4.92. The van der Waals surface area contributed by atoms with Gasteiger partial charge < -0.3 is 4.90 Å². The van der Waals surface area contributed by atoms with E-state index in [1.54, 1.807) is 0 Å². The monoisotopic (exact) mass is 155 g/mol. The van der Waals surface area contributed by atoms with Crippen molar-refractivity contribution in [1.29, 1.82) is 0 Å². The molecule has 1 saturated heterocycles. The number of rotatable bonds is 1. The molecule has 0 radical (unpaired) electrons. The van der Waals surface area contributed by atoms with Crippen LogP contribution in [0, 0.1) is 11.8 Å². The van der Waals surface area contributed by atoms with Crippen LogP contribution in [0.5, 0.6) is 0 Å². The lowest BCUT2D eigenvalue weighted by molar-refractivity contribution is 0.261. The molecule has 1 nitrogen and oxygen atoms in total. The fourth-order valence-electron chi connectivity index (χ4n) is 2.12. The average Bonchev–Trinajstić information content (AvgIpc) is 2.13. The van der Waals surface area contributed by atoms with E-state index in [2.05, 4.69) is 25.8 Å². The largest absolute Gasteiger partial charge is 0.306 e. The van der Waals surface area contributed by atoms with Gasteiger partial charge in [0, 0.05) is 6.54 Å². The van der Waals surface area contributed by atoms with Gasteiger partial charge in [-0.05, 0) is 38.3 Å². The standard InChI is InChI=1S/C10H21N/c1-4-10-8-11(3)7-5-6-9(10)2/h9-10H,4-8H2,1-3H3. The lowest BCUT2D eigenvalue weighted by Gasteiger charge is -2.22. The second-order valence-electron chi connectivity index (χ2n) is 4.05. The first-order valence-electron chi connectivity index (χ1n) is 4.92. The van der Waals surface area contributed by atoms with E-state index in [4.69, 9.17) is 0 Å². The Hall–Kier alpha value is -0.0400. The summed E-state index contributed by atoms with van der Waals surface area (Å²) < 4.78 is 0. The zero-order valence-electron chi connectivity index (χ0n) is 8.14. The summed E-state index contributed by atoms with van der Waals surface area (Å²) in [5.41, 5.74) is 0. The summed E-state index contributed by atoms with van der Waals surface area (Å²) in [6, 6.07) is 0. The molecule has 0 bridgehead atoms. The van der Waals surface area contributed by atoms with Crippen molar-refractivity contribution in [3.05, 3.63) is 0 Å². The molecule has 0 amide bonds.